The van der Waals surface area contributed by atoms with Gasteiger partial charge in [-0.15, -0.1) is 0 Å². The first-order valence-corrected chi connectivity index (χ1v) is 6.09. The topological polar surface area (TPSA) is 17.1 Å². The van der Waals surface area contributed by atoms with Crippen molar-refractivity contribution in [2.24, 2.45) is 0 Å². The molecule has 1 aliphatic heterocycles. The molecule has 0 N–H and O–H groups in total. The summed E-state index contributed by atoms with van der Waals surface area (Å²) in [6.07, 6.45) is 3.02. The zero-order chi connectivity index (χ0) is 11.8. The van der Waals surface area contributed by atoms with Crippen LogP contribution in [-0.4, -0.2) is 25.9 Å². The highest BCUT2D eigenvalue weighted by Gasteiger charge is 2.41. The number of benzene rings is 1. The number of carbonyl (C=O) groups is 1. The minimum absolute atomic E-state index is 0.0127. The van der Waals surface area contributed by atoms with E-state index in [9.17, 15) is 4.79 Å². The number of aldehydes is 1. The number of hydrogen-bond donors (Lipinski definition) is 0. The van der Waals surface area contributed by atoms with Crippen LogP contribution in [0.4, 0.5) is 5.69 Å². The molecule has 0 aliphatic carbocycles. The molecule has 1 aliphatic rings. The highest BCUT2D eigenvalue weighted by molar-refractivity contribution is 6.36. The number of quaternary nitrogens is 1. The van der Waals surface area contributed by atoms with Crippen molar-refractivity contribution >= 4 is 35.2 Å². The second kappa shape index (κ2) is 4.36. The average Bonchev–Trinajstić information content (AvgIpc) is 2.60. The fraction of sp³-hybridized carbons (Fsp3) is 0.417. The van der Waals surface area contributed by atoms with Crippen molar-refractivity contribution < 1.29 is 4.79 Å². The molecule has 1 aromatic rings. The molecule has 0 aromatic heterocycles. The molecular formula is C12H14Cl2NO+. The van der Waals surface area contributed by atoms with Crippen molar-refractivity contribution in [3.8, 4) is 0 Å². The van der Waals surface area contributed by atoms with E-state index in [2.05, 4.69) is 7.05 Å². The number of nitrogens with zero attached hydrogens (tertiary/aromatic N) is 1. The van der Waals surface area contributed by atoms with E-state index in [1.54, 1.807) is 6.07 Å². The van der Waals surface area contributed by atoms with E-state index >= 15 is 0 Å². The van der Waals surface area contributed by atoms with Gasteiger partial charge < -0.3 is 0 Å². The number of likely N-dealkylation sites (N-methyl/N-ethyl adjacent to an activating group) is 1. The summed E-state index contributed by atoms with van der Waals surface area (Å²) in [6, 6.07) is 5.50. The number of hydrogen-bond acceptors (Lipinski definition) is 1. The summed E-state index contributed by atoms with van der Waals surface area (Å²) in [5.74, 6) is 0. The van der Waals surface area contributed by atoms with Crippen LogP contribution in [0.2, 0.25) is 10.0 Å². The van der Waals surface area contributed by atoms with E-state index in [0.717, 1.165) is 31.4 Å². The summed E-state index contributed by atoms with van der Waals surface area (Å²) in [5.41, 5.74) is 0.987. The molecule has 2 atom stereocenters. The van der Waals surface area contributed by atoms with Gasteiger partial charge in [0.15, 0.2) is 12.0 Å². The van der Waals surface area contributed by atoms with Crippen molar-refractivity contribution in [1.29, 1.82) is 0 Å². The maximum absolute atomic E-state index is 11.1. The number of likely N-dealkylation sites (tertiary alicyclic amines) is 1. The van der Waals surface area contributed by atoms with E-state index < -0.39 is 0 Å². The number of rotatable bonds is 2. The molecular weight excluding hydrogens is 245 g/mol. The maximum atomic E-state index is 11.1. The van der Waals surface area contributed by atoms with Crippen LogP contribution in [-0.2, 0) is 4.79 Å². The third kappa shape index (κ3) is 1.86. The molecule has 1 saturated heterocycles. The first-order chi connectivity index (χ1) is 7.58. The van der Waals surface area contributed by atoms with Gasteiger partial charge in [0.25, 0.3) is 0 Å². The Hall–Kier alpha value is -0.570. The molecule has 0 bridgehead atoms. The summed E-state index contributed by atoms with van der Waals surface area (Å²) < 4.78 is 0.597. The lowest BCUT2D eigenvalue weighted by Gasteiger charge is -2.33. The molecule has 86 valence electrons. The number of halogens is 2. The molecule has 16 heavy (non-hydrogen) atoms. The van der Waals surface area contributed by atoms with Gasteiger partial charge in [-0.3, -0.25) is 9.28 Å². The summed E-state index contributed by atoms with van der Waals surface area (Å²) in [7, 11) is 2.06. The van der Waals surface area contributed by atoms with Gasteiger partial charge in [-0.2, -0.15) is 0 Å². The molecule has 2 nitrogen and oxygen atoms in total. The molecule has 0 saturated carbocycles. The normalized spacial score (nSPS) is 29.3. The Morgan fingerprint density at radius 3 is 2.81 bits per heavy atom. The molecule has 4 heteroatoms. The van der Waals surface area contributed by atoms with Gasteiger partial charge in [-0.05, 0) is 12.1 Å². The average molecular weight is 259 g/mol. The lowest BCUT2D eigenvalue weighted by Crippen LogP contribution is -2.50. The lowest BCUT2D eigenvalue weighted by molar-refractivity contribution is -0.111. The summed E-state index contributed by atoms with van der Waals surface area (Å²) in [4.78, 5) is 11.1. The lowest BCUT2D eigenvalue weighted by atomic mass is 10.2. The molecule has 0 radical (unpaired) electrons. The van der Waals surface area contributed by atoms with Gasteiger partial charge in [0.05, 0.1) is 13.6 Å². The number of carbonyl (C=O) groups excluding carboxylic acids is 1. The van der Waals surface area contributed by atoms with Crippen LogP contribution in [0.25, 0.3) is 0 Å². The van der Waals surface area contributed by atoms with Crippen molar-refractivity contribution in [2.45, 2.75) is 18.9 Å². The van der Waals surface area contributed by atoms with Crippen LogP contribution >= 0.6 is 23.2 Å². The minimum Gasteiger partial charge on any atom is -0.297 e. The Morgan fingerprint density at radius 1 is 1.44 bits per heavy atom. The van der Waals surface area contributed by atoms with Crippen LogP contribution < -0.4 is 4.48 Å². The van der Waals surface area contributed by atoms with Gasteiger partial charge in [-0.1, -0.05) is 23.2 Å². The predicted molar refractivity (Wildman–Crippen MR) is 68.1 cm³/mol. The zero-order valence-electron chi connectivity index (χ0n) is 9.12. The van der Waals surface area contributed by atoms with E-state index in [1.165, 1.54) is 0 Å². The molecule has 0 amide bonds. The maximum Gasteiger partial charge on any atom is 0.177 e. The largest absolute Gasteiger partial charge is 0.297 e. The first kappa shape index (κ1) is 11.9. The Balaban J connectivity index is 2.46. The molecule has 2 rings (SSSR count). The quantitative estimate of drug-likeness (QED) is 0.588. The van der Waals surface area contributed by atoms with Crippen molar-refractivity contribution in [3.63, 3.8) is 0 Å². The van der Waals surface area contributed by atoms with Gasteiger partial charge >= 0.3 is 0 Å². The summed E-state index contributed by atoms with van der Waals surface area (Å²) in [5, 5.41) is 1.27. The molecule has 1 fully saturated rings. The Bertz CT molecular complexity index is 421. The molecule has 1 aromatic carbocycles. The summed E-state index contributed by atoms with van der Waals surface area (Å²) in [6.45, 7) is 0.949. The van der Waals surface area contributed by atoms with Crippen LogP contribution in [0.5, 0.6) is 0 Å². The summed E-state index contributed by atoms with van der Waals surface area (Å²) >= 11 is 12.1. The van der Waals surface area contributed by atoms with E-state index in [4.69, 9.17) is 23.2 Å². The van der Waals surface area contributed by atoms with E-state index in [-0.39, 0.29) is 6.04 Å². The highest BCUT2D eigenvalue weighted by atomic mass is 35.5. The highest BCUT2D eigenvalue weighted by Crippen LogP contribution is 2.38. The second-order valence-corrected chi connectivity index (χ2v) is 5.28. The predicted octanol–water partition coefficient (Wildman–Crippen LogP) is 3.29. The van der Waals surface area contributed by atoms with Crippen LogP contribution in [0.1, 0.15) is 12.8 Å². The smallest absolute Gasteiger partial charge is 0.177 e. The van der Waals surface area contributed by atoms with Crippen molar-refractivity contribution in [3.05, 3.63) is 28.2 Å². The van der Waals surface area contributed by atoms with Crippen molar-refractivity contribution in [2.75, 3.05) is 13.6 Å². The Morgan fingerprint density at radius 2 is 2.19 bits per heavy atom. The molecule has 0 spiro atoms. The fourth-order valence-electron chi connectivity index (χ4n) is 2.48. The Kier molecular flexibility index (Phi) is 3.24. The van der Waals surface area contributed by atoms with E-state index in [0.29, 0.717) is 14.5 Å². The van der Waals surface area contributed by atoms with Gasteiger partial charge in [-0.25, -0.2) is 0 Å². The zero-order valence-corrected chi connectivity index (χ0v) is 10.6. The van der Waals surface area contributed by atoms with Gasteiger partial charge in [0, 0.05) is 23.9 Å². The van der Waals surface area contributed by atoms with Crippen LogP contribution in [0.15, 0.2) is 18.2 Å². The van der Waals surface area contributed by atoms with Crippen LogP contribution in [0, 0.1) is 0 Å². The third-order valence-electron chi connectivity index (χ3n) is 3.47. The molecule has 1 heterocycles. The monoisotopic (exact) mass is 258 g/mol. The SMILES string of the molecule is C[N+]1(c2ccc(Cl)cc2Cl)CCCC1C=O. The fourth-order valence-corrected chi connectivity index (χ4v) is 3.08. The minimum atomic E-state index is 0.0127. The first-order valence-electron chi connectivity index (χ1n) is 5.34. The van der Waals surface area contributed by atoms with Gasteiger partial charge in [0.1, 0.15) is 11.1 Å². The molecule has 2 unspecified atom stereocenters. The second-order valence-electron chi connectivity index (χ2n) is 4.43. The van der Waals surface area contributed by atoms with Gasteiger partial charge in [0.2, 0.25) is 0 Å². The van der Waals surface area contributed by atoms with Crippen LogP contribution in [0.3, 0.4) is 0 Å². The van der Waals surface area contributed by atoms with E-state index in [1.807, 2.05) is 12.1 Å². The standard InChI is InChI=1S/C12H14Cl2NO/c1-15(6-2-3-10(15)8-16)12-5-4-9(13)7-11(12)14/h4-5,7-8,10H,2-3,6H2,1H3/q+1. The Labute approximate surface area is 105 Å². The van der Waals surface area contributed by atoms with Crippen molar-refractivity contribution in [1.82, 2.24) is 4.48 Å². The third-order valence-corrected chi connectivity index (χ3v) is 4.01.